The molecule has 30 heavy (non-hydrogen) atoms. The number of ketones is 1. The molecule has 2 rings (SSSR count). The summed E-state index contributed by atoms with van der Waals surface area (Å²) in [4.78, 5) is 42.6. The minimum absolute atomic E-state index is 0.0702. The normalized spacial score (nSPS) is 15.1. The fourth-order valence-electron chi connectivity index (χ4n) is 2.70. The fourth-order valence-corrected chi connectivity index (χ4v) is 2.99. The largest absolute Gasteiger partial charge is 0.450 e. The van der Waals surface area contributed by atoms with Crippen LogP contribution in [-0.2, 0) is 20.5 Å². The summed E-state index contributed by atoms with van der Waals surface area (Å²) in [6, 6.07) is 0.823. The van der Waals surface area contributed by atoms with Gasteiger partial charge in [0.2, 0.25) is 0 Å². The summed E-state index contributed by atoms with van der Waals surface area (Å²) in [5.74, 6) is -1.19. The highest BCUT2D eigenvalue weighted by atomic mass is 35.5. The molecule has 1 saturated heterocycles. The Morgan fingerprint density at radius 2 is 1.90 bits per heavy atom. The number of halogens is 4. The van der Waals surface area contributed by atoms with E-state index in [9.17, 15) is 27.6 Å². The van der Waals surface area contributed by atoms with E-state index >= 15 is 0 Å². The molecule has 0 aliphatic carbocycles. The molecule has 0 aromatic carbocycles. The van der Waals surface area contributed by atoms with E-state index in [0.717, 1.165) is 12.3 Å². The zero-order chi connectivity index (χ0) is 22.5. The van der Waals surface area contributed by atoms with E-state index in [2.05, 4.69) is 9.72 Å². The number of nitrogens with zero attached hydrogens (tertiary/aromatic N) is 3. The smallest absolute Gasteiger partial charge is 0.417 e. The predicted molar refractivity (Wildman–Crippen MR) is 102 cm³/mol. The number of carbonyl (C=O) groups excluding carboxylic acids is 3. The van der Waals surface area contributed by atoms with Gasteiger partial charge in [0.1, 0.15) is 5.82 Å². The van der Waals surface area contributed by atoms with Crippen LogP contribution < -0.4 is 10.2 Å². The molecule has 2 amide bonds. The summed E-state index contributed by atoms with van der Waals surface area (Å²) in [6.07, 6.45) is -3.43. The molecular formula is C18H20ClF3N4O4. The van der Waals surface area contributed by atoms with Crippen LogP contribution in [-0.4, -0.2) is 60.5 Å². The number of alkyl halides is 3. The first kappa shape index (κ1) is 23.5. The number of nitrogens with one attached hydrogen (secondary N) is 1. The van der Waals surface area contributed by atoms with Crippen LogP contribution in [0.15, 0.2) is 24.0 Å². The summed E-state index contributed by atoms with van der Waals surface area (Å²) >= 11 is 5.98. The highest BCUT2D eigenvalue weighted by Gasteiger charge is 2.32. The van der Waals surface area contributed by atoms with E-state index in [4.69, 9.17) is 11.6 Å². The lowest BCUT2D eigenvalue weighted by Gasteiger charge is -2.35. The molecule has 2 heterocycles. The highest BCUT2D eigenvalue weighted by Crippen LogP contribution is 2.33. The average molecular weight is 449 g/mol. The number of Topliss-reactive ketones (excluding diaryl/α,β-unsaturated/α-hetero) is 1. The first-order valence-electron chi connectivity index (χ1n) is 8.95. The molecule has 0 spiro atoms. The van der Waals surface area contributed by atoms with Gasteiger partial charge in [-0.3, -0.25) is 14.9 Å². The maximum atomic E-state index is 12.8. The second-order valence-corrected chi connectivity index (χ2v) is 6.73. The van der Waals surface area contributed by atoms with E-state index in [-0.39, 0.29) is 23.0 Å². The van der Waals surface area contributed by atoms with Crippen LogP contribution >= 0.6 is 11.6 Å². The van der Waals surface area contributed by atoms with Crippen molar-refractivity contribution in [2.45, 2.75) is 20.0 Å². The molecule has 164 valence electrons. The number of alkyl carbamates (subject to hydrolysis) is 1. The zero-order valence-corrected chi connectivity index (χ0v) is 17.0. The van der Waals surface area contributed by atoms with Crippen molar-refractivity contribution in [3.05, 3.63) is 34.6 Å². The van der Waals surface area contributed by atoms with E-state index in [1.54, 1.807) is 16.7 Å². The van der Waals surface area contributed by atoms with Crippen molar-refractivity contribution in [2.75, 3.05) is 37.7 Å². The maximum Gasteiger partial charge on any atom is 0.417 e. The summed E-state index contributed by atoms with van der Waals surface area (Å²) in [5, 5.41) is 1.85. The lowest BCUT2D eigenvalue weighted by Crippen LogP contribution is -2.45. The quantitative estimate of drug-likeness (QED) is 0.420. The van der Waals surface area contributed by atoms with Crippen LogP contribution in [0.3, 0.4) is 0 Å². The topological polar surface area (TPSA) is 91.8 Å². The number of anilines is 1. The minimum atomic E-state index is -4.54. The third-order valence-electron chi connectivity index (χ3n) is 4.19. The first-order valence-corrected chi connectivity index (χ1v) is 9.33. The van der Waals surface area contributed by atoms with Crippen molar-refractivity contribution in [1.82, 2.24) is 15.2 Å². The molecule has 8 nitrogen and oxygen atoms in total. The summed E-state index contributed by atoms with van der Waals surface area (Å²) in [5.41, 5.74) is -1.15. The Labute approximate surface area is 175 Å². The first-order chi connectivity index (χ1) is 14.0. The number of imide groups is 1. The van der Waals surface area contributed by atoms with Gasteiger partial charge in [-0.15, -0.1) is 0 Å². The van der Waals surface area contributed by atoms with Crippen LogP contribution in [0.25, 0.3) is 0 Å². The van der Waals surface area contributed by atoms with Crippen LogP contribution in [0.2, 0.25) is 5.02 Å². The number of rotatable bonds is 5. The predicted octanol–water partition coefficient (Wildman–Crippen LogP) is 2.62. The third kappa shape index (κ3) is 6.09. The second-order valence-electron chi connectivity index (χ2n) is 6.32. The van der Waals surface area contributed by atoms with Gasteiger partial charge in [0, 0.05) is 38.6 Å². The zero-order valence-electron chi connectivity index (χ0n) is 16.3. The van der Waals surface area contributed by atoms with Gasteiger partial charge in [0.25, 0.3) is 5.91 Å². The molecule has 1 aliphatic rings. The van der Waals surface area contributed by atoms with Crippen molar-refractivity contribution in [2.24, 2.45) is 0 Å². The lowest BCUT2D eigenvalue weighted by molar-refractivity contribution is -0.137. The second kappa shape index (κ2) is 9.79. The number of ether oxygens (including phenoxy) is 1. The fraction of sp³-hybridized carbons (Fsp3) is 0.444. The van der Waals surface area contributed by atoms with Gasteiger partial charge < -0.3 is 14.5 Å². The molecule has 0 unspecified atom stereocenters. The van der Waals surface area contributed by atoms with Gasteiger partial charge >= 0.3 is 12.3 Å². The number of pyridine rings is 1. The average Bonchev–Trinajstić information content (AvgIpc) is 2.65. The lowest BCUT2D eigenvalue weighted by atomic mass is 10.1. The highest BCUT2D eigenvalue weighted by molar-refractivity contribution is 6.33. The Morgan fingerprint density at radius 3 is 2.40 bits per heavy atom. The molecule has 1 fully saturated rings. The van der Waals surface area contributed by atoms with Gasteiger partial charge in [-0.25, -0.2) is 9.78 Å². The number of piperazine rings is 1. The van der Waals surface area contributed by atoms with Gasteiger partial charge in [-0.1, -0.05) is 11.6 Å². The minimum Gasteiger partial charge on any atom is -0.450 e. The van der Waals surface area contributed by atoms with Crippen molar-refractivity contribution >= 4 is 35.2 Å². The third-order valence-corrected chi connectivity index (χ3v) is 4.47. The van der Waals surface area contributed by atoms with Gasteiger partial charge in [-0.2, -0.15) is 13.2 Å². The van der Waals surface area contributed by atoms with Gasteiger partial charge in [0.15, 0.2) is 5.78 Å². The molecule has 0 saturated carbocycles. The molecular weight excluding hydrogens is 429 g/mol. The van der Waals surface area contributed by atoms with E-state index in [1.807, 2.05) is 5.32 Å². The maximum absolute atomic E-state index is 12.8. The van der Waals surface area contributed by atoms with Crippen molar-refractivity contribution < 1.29 is 32.3 Å². The SMILES string of the molecule is CCOC(=O)NC(=O)/C(=C\N1CCN(c2ncc(C(F)(F)F)cc2Cl)CC1)C(C)=O. The van der Waals surface area contributed by atoms with E-state index < -0.39 is 29.5 Å². The van der Waals surface area contributed by atoms with Crippen LogP contribution in [0, 0.1) is 0 Å². The Bertz CT molecular complexity index is 852. The Morgan fingerprint density at radius 1 is 1.27 bits per heavy atom. The summed E-state index contributed by atoms with van der Waals surface area (Å²) in [7, 11) is 0. The molecule has 0 atom stereocenters. The van der Waals surface area contributed by atoms with Crippen molar-refractivity contribution in [3.63, 3.8) is 0 Å². The number of aromatic nitrogens is 1. The van der Waals surface area contributed by atoms with E-state index in [1.165, 1.54) is 13.1 Å². The van der Waals surface area contributed by atoms with Crippen molar-refractivity contribution in [3.8, 4) is 0 Å². The number of amides is 2. The van der Waals surface area contributed by atoms with Crippen molar-refractivity contribution in [1.29, 1.82) is 0 Å². The molecule has 0 radical (unpaired) electrons. The number of hydrogen-bond acceptors (Lipinski definition) is 7. The van der Waals surface area contributed by atoms with Crippen LogP contribution in [0.1, 0.15) is 19.4 Å². The molecule has 1 N–H and O–H groups in total. The molecule has 1 aromatic rings. The number of carbonyl (C=O) groups is 3. The summed E-state index contributed by atoms with van der Waals surface area (Å²) < 4.78 is 42.9. The van der Waals surface area contributed by atoms with Gasteiger partial charge in [-0.05, 0) is 19.9 Å². The molecule has 1 aromatic heterocycles. The Kier molecular flexibility index (Phi) is 7.65. The van der Waals surface area contributed by atoms with E-state index in [0.29, 0.717) is 26.2 Å². The molecule has 12 heteroatoms. The molecule has 0 bridgehead atoms. The standard InChI is InChI=1S/C18H20ClF3N4O4/c1-3-30-17(29)24-16(28)13(11(2)27)10-25-4-6-26(7-5-25)15-14(19)8-12(9-23-15)18(20,21)22/h8-10H,3-7H2,1-2H3,(H,24,28,29)/b13-10-. The Balaban J connectivity index is 2.06. The summed E-state index contributed by atoms with van der Waals surface area (Å²) in [6.45, 7) is 4.23. The molecule has 1 aliphatic heterocycles. The monoisotopic (exact) mass is 448 g/mol. The number of hydrogen-bond donors (Lipinski definition) is 1. The van der Waals surface area contributed by atoms with Gasteiger partial charge in [0.05, 0.1) is 22.8 Å². The Hall–Kier alpha value is -2.82. The van der Waals surface area contributed by atoms with Crippen LogP contribution in [0.5, 0.6) is 0 Å². The van der Waals surface area contributed by atoms with Crippen LogP contribution in [0.4, 0.5) is 23.8 Å².